The van der Waals surface area contributed by atoms with Gasteiger partial charge < -0.3 is 10.1 Å². The largest absolute Gasteiger partial charge is 0.381 e. The van der Waals surface area contributed by atoms with Crippen molar-refractivity contribution in [3.8, 4) is 0 Å². The molecular weight excluding hydrogens is 302 g/mol. The second-order valence-electron chi connectivity index (χ2n) is 6.68. The van der Waals surface area contributed by atoms with Crippen LogP contribution in [0.15, 0.2) is 24.3 Å². The van der Waals surface area contributed by atoms with Gasteiger partial charge >= 0.3 is 0 Å². The maximum Gasteiger partial charge on any atom is 0.235 e. The number of hydrogen-bond acceptors (Lipinski definition) is 3. The van der Waals surface area contributed by atoms with Crippen LogP contribution in [0.3, 0.4) is 0 Å². The average molecular weight is 327 g/mol. The van der Waals surface area contributed by atoms with Crippen LogP contribution >= 0.6 is 0 Å². The molecule has 1 N–H and O–H groups in total. The highest BCUT2D eigenvalue weighted by atomic mass is 16.5. The van der Waals surface area contributed by atoms with E-state index in [1.54, 1.807) is 4.68 Å². The third kappa shape index (κ3) is 2.84. The molecule has 24 heavy (non-hydrogen) atoms. The molecule has 0 saturated carbocycles. The summed E-state index contributed by atoms with van der Waals surface area (Å²) in [4.78, 5) is 13.3. The van der Waals surface area contributed by atoms with Gasteiger partial charge in [0.15, 0.2) is 0 Å². The molecule has 1 saturated heterocycles. The Kier molecular flexibility index (Phi) is 4.45. The number of carbonyl (C=O) groups is 1. The van der Waals surface area contributed by atoms with Crippen LogP contribution in [0.25, 0.3) is 0 Å². The Bertz CT molecular complexity index is 741. The van der Waals surface area contributed by atoms with E-state index in [0.29, 0.717) is 26.1 Å². The van der Waals surface area contributed by atoms with Crippen molar-refractivity contribution in [1.29, 1.82) is 0 Å². The van der Waals surface area contributed by atoms with Crippen molar-refractivity contribution < 1.29 is 9.53 Å². The van der Waals surface area contributed by atoms with Gasteiger partial charge in [0.05, 0.1) is 22.5 Å². The highest BCUT2D eigenvalue weighted by Gasteiger charge is 2.42. The van der Waals surface area contributed by atoms with E-state index in [1.165, 1.54) is 5.56 Å². The number of nitrogens with one attached hydrogen (secondary N) is 1. The lowest BCUT2D eigenvalue weighted by atomic mass is 9.73. The minimum Gasteiger partial charge on any atom is -0.381 e. The zero-order valence-electron chi connectivity index (χ0n) is 14.8. The Labute approximate surface area is 143 Å². The second kappa shape index (κ2) is 6.40. The number of anilines is 1. The van der Waals surface area contributed by atoms with Crippen LogP contribution in [0.4, 0.5) is 5.69 Å². The molecular formula is C19H25N3O2. The summed E-state index contributed by atoms with van der Waals surface area (Å²) >= 11 is 0. The van der Waals surface area contributed by atoms with Crippen molar-refractivity contribution in [3.05, 3.63) is 46.8 Å². The van der Waals surface area contributed by atoms with Crippen molar-refractivity contribution in [3.63, 3.8) is 0 Å². The van der Waals surface area contributed by atoms with Crippen molar-refractivity contribution in [1.82, 2.24) is 9.78 Å². The van der Waals surface area contributed by atoms with E-state index in [2.05, 4.69) is 41.6 Å². The monoisotopic (exact) mass is 327 g/mol. The van der Waals surface area contributed by atoms with Crippen LogP contribution in [0.2, 0.25) is 0 Å². The zero-order valence-corrected chi connectivity index (χ0v) is 14.8. The number of benzene rings is 1. The van der Waals surface area contributed by atoms with Gasteiger partial charge in [-0.25, -0.2) is 0 Å². The molecule has 3 rings (SSSR count). The van der Waals surface area contributed by atoms with Crippen molar-refractivity contribution in [2.45, 2.75) is 39.0 Å². The second-order valence-corrected chi connectivity index (χ2v) is 6.68. The van der Waals surface area contributed by atoms with E-state index in [4.69, 9.17) is 4.74 Å². The van der Waals surface area contributed by atoms with E-state index < -0.39 is 5.41 Å². The Morgan fingerprint density at radius 1 is 1.17 bits per heavy atom. The number of rotatable bonds is 3. The molecule has 1 fully saturated rings. The molecule has 0 atom stereocenters. The molecule has 0 aliphatic carbocycles. The SMILES string of the molecule is Cc1ccc(C2(C(=O)Nc3c(C)nn(C)c3C)CCOCC2)cc1. The molecule has 1 aromatic heterocycles. The van der Waals surface area contributed by atoms with E-state index in [0.717, 1.165) is 22.6 Å². The first kappa shape index (κ1) is 16.7. The fraction of sp³-hybridized carbons (Fsp3) is 0.474. The third-order valence-corrected chi connectivity index (χ3v) is 5.13. The molecule has 1 aromatic carbocycles. The normalized spacial score (nSPS) is 16.8. The standard InChI is InChI=1S/C19H25N3O2/c1-13-5-7-16(8-6-13)19(9-11-24-12-10-19)18(23)20-17-14(2)21-22(4)15(17)3/h5-8H,9-12H2,1-4H3,(H,20,23). The fourth-order valence-corrected chi connectivity index (χ4v) is 3.43. The summed E-state index contributed by atoms with van der Waals surface area (Å²) in [5.74, 6) is 0.0360. The van der Waals surface area contributed by atoms with E-state index in [9.17, 15) is 4.79 Å². The summed E-state index contributed by atoms with van der Waals surface area (Å²) < 4.78 is 7.32. The van der Waals surface area contributed by atoms with E-state index >= 15 is 0 Å². The molecule has 1 aliphatic rings. The van der Waals surface area contributed by atoms with Crippen LogP contribution in [0, 0.1) is 20.8 Å². The Morgan fingerprint density at radius 3 is 2.33 bits per heavy atom. The molecule has 128 valence electrons. The maximum atomic E-state index is 13.3. The molecule has 5 heteroatoms. The van der Waals surface area contributed by atoms with Crippen LogP contribution in [0.5, 0.6) is 0 Å². The molecule has 0 unspecified atom stereocenters. The minimum atomic E-state index is -0.541. The van der Waals surface area contributed by atoms with Gasteiger partial charge in [-0.1, -0.05) is 29.8 Å². The Hall–Kier alpha value is -2.14. The first-order valence-electron chi connectivity index (χ1n) is 8.40. The highest BCUT2D eigenvalue weighted by molar-refractivity contribution is 6.00. The summed E-state index contributed by atoms with van der Waals surface area (Å²) in [7, 11) is 1.89. The predicted octanol–water partition coefficient (Wildman–Crippen LogP) is 3.03. The molecule has 5 nitrogen and oxygen atoms in total. The summed E-state index contributed by atoms with van der Waals surface area (Å²) in [6.07, 6.45) is 1.39. The van der Waals surface area contributed by atoms with Gasteiger partial charge in [-0.2, -0.15) is 5.10 Å². The van der Waals surface area contributed by atoms with Gasteiger partial charge in [-0.05, 0) is 39.2 Å². The smallest absolute Gasteiger partial charge is 0.235 e. The number of carbonyl (C=O) groups excluding carboxylic acids is 1. The lowest BCUT2D eigenvalue weighted by molar-refractivity contribution is -0.125. The molecule has 2 heterocycles. The van der Waals surface area contributed by atoms with E-state index in [-0.39, 0.29) is 5.91 Å². The third-order valence-electron chi connectivity index (χ3n) is 5.13. The topological polar surface area (TPSA) is 56.2 Å². The number of amides is 1. The van der Waals surface area contributed by atoms with Crippen molar-refractivity contribution in [2.75, 3.05) is 18.5 Å². The van der Waals surface area contributed by atoms with Gasteiger partial charge in [0, 0.05) is 20.3 Å². The van der Waals surface area contributed by atoms with Crippen LogP contribution in [-0.2, 0) is 22.0 Å². The van der Waals surface area contributed by atoms with Gasteiger partial charge in [0.25, 0.3) is 0 Å². The molecule has 1 aliphatic heterocycles. The summed E-state index contributed by atoms with van der Waals surface area (Å²) in [6, 6.07) is 8.28. The highest BCUT2D eigenvalue weighted by Crippen LogP contribution is 2.37. The molecule has 0 radical (unpaired) electrons. The van der Waals surface area contributed by atoms with Crippen molar-refractivity contribution in [2.24, 2.45) is 7.05 Å². The van der Waals surface area contributed by atoms with Crippen LogP contribution < -0.4 is 5.32 Å². The van der Waals surface area contributed by atoms with Gasteiger partial charge in [-0.3, -0.25) is 9.48 Å². The minimum absolute atomic E-state index is 0.0360. The number of aryl methyl sites for hydroxylation is 3. The summed E-state index contributed by atoms with van der Waals surface area (Å²) in [5, 5.41) is 7.54. The quantitative estimate of drug-likeness (QED) is 0.943. The number of nitrogens with zero attached hydrogens (tertiary/aromatic N) is 2. The zero-order chi connectivity index (χ0) is 17.3. The lowest BCUT2D eigenvalue weighted by Gasteiger charge is -2.36. The first-order valence-corrected chi connectivity index (χ1v) is 8.40. The van der Waals surface area contributed by atoms with Gasteiger partial charge in [0.1, 0.15) is 0 Å². The fourth-order valence-electron chi connectivity index (χ4n) is 3.43. The van der Waals surface area contributed by atoms with Gasteiger partial charge in [-0.15, -0.1) is 0 Å². The molecule has 2 aromatic rings. The summed E-state index contributed by atoms with van der Waals surface area (Å²) in [5.41, 5.74) is 4.34. The number of aromatic nitrogens is 2. The van der Waals surface area contributed by atoms with Gasteiger partial charge in [0.2, 0.25) is 5.91 Å². The average Bonchev–Trinajstić information content (AvgIpc) is 2.82. The predicted molar refractivity (Wildman–Crippen MR) is 94.2 cm³/mol. The lowest BCUT2D eigenvalue weighted by Crippen LogP contribution is -2.45. The molecule has 1 amide bonds. The van der Waals surface area contributed by atoms with Crippen molar-refractivity contribution >= 4 is 11.6 Å². The summed E-state index contributed by atoms with van der Waals surface area (Å²) in [6.45, 7) is 7.16. The van der Waals surface area contributed by atoms with E-state index in [1.807, 2.05) is 20.9 Å². The van der Waals surface area contributed by atoms with Crippen LogP contribution in [-0.4, -0.2) is 28.9 Å². The molecule has 0 spiro atoms. The molecule has 0 bridgehead atoms. The maximum absolute atomic E-state index is 13.3. The number of ether oxygens (including phenoxy) is 1. The number of hydrogen-bond donors (Lipinski definition) is 1. The Morgan fingerprint density at radius 2 is 1.79 bits per heavy atom. The Balaban J connectivity index is 1.96. The first-order chi connectivity index (χ1) is 11.4. The van der Waals surface area contributed by atoms with Crippen LogP contribution in [0.1, 0.15) is 35.4 Å².